The van der Waals surface area contributed by atoms with Crippen molar-refractivity contribution in [3.63, 3.8) is 0 Å². The molecule has 0 spiro atoms. The molecule has 0 nitrogen and oxygen atoms in total. The van der Waals surface area contributed by atoms with Crippen LogP contribution < -0.4 is 9.75 Å². The molecule has 0 fully saturated rings. The predicted octanol–water partition coefficient (Wildman–Crippen LogP) is 16.6. The molecule has 1 aromatic heterocycles. The first kappa shape index (κ1) is 37.7. The summed E-state index contributed by atoms with van der Waals surface area (Å²) in [5.74, 6) is 0. The van der Waals surface area contributed by atoms with Crippen LogP contribution >= 0.6 is 11.3 Å². The summed E-state index contributed by atoms with van der Waals surface area (Å²) in [6.07, 6.45) is 4.51. The van der Waals surface area contributed by atoms with Gasteiger partial charge in [0.15, 0.2) is 0 Å². The lowest BCUT2D eigenvalue weighted by atomic mass is 9.83. The highest BCUT2D eigenvalue weighted by Gasteiger charge is 2.24. The maximum atomic E-state index is 2.50. The van der Waals surface area contributed by atoms with Crippen molar-refractivity contribution in [3.05, 3.63) is 240 Å². The van der Waals surface area contributed by atoms with Crippen LogP contribution in [0.3, 0.4) is 0 Å². The van der Waals surface area contributed by atoms with Crippen LogP contribution in [0.2, 0.25) is 0 Å². The van der Waals surface area contributed by atoms with E-state index in [-0.39, 0.29) is 0 Å². The Bertz CT molecular complexity index is 3800. The third-order valence-electron chi connectivity index (χ3n) is 13.7. The summed E-state index contributed by atoms with van der Waals surface area (Å²) in [6.45, 7) is 0. The van der Waals surface area contributed by atoms with E-state index in [2.05, 4.69) is 231 Å². The molecule has 304 valence electrons. The minimum atomic E-state index is 0.995. The van der Waals surface area contributed by atoms with Gasteiger partial charge >= 0.3 is 0 Å². The fraction of sp³-hybridized carbons (Fsp3) is 0.0312. The first-order valence-electron chi connectivity index (χ1n) is 22.7. The zero-order valence-electron chi connectivity index (χ0n) is 35.8. The minimum Gasteiger partial charge on any atom is -0.135 e. The monoisotopic (exact) mass is 842 g/mol. The van der Waals surface area contributed by atoms with Gasteiger partial charge in [0.2, 0.25) is 0 Å². The summed E-state index contributed by atoms with van der Waals surface area (Å²) < 4.78 is 2.73. The van der Waals surface area contributed by atoms with Crippen molar-refractivity contribution in [3.8, 4) is 55.6 Å². The quantitative estimate of drug-likeness (QED) is 0.146. The lowest BCUT2D eigenvalue weighted by molar-refractivity contribution is 1.09. The van der Waals surface area contributed by atoms with Crippen molar-refractivity contribution in [1.29, 1.82) is 0 Å². The van der Waals surface area contributed by atoms with Crippen LogP contribution in [0.15, 0.2) is 224 Å². The Morgan fingerprint density at radius 1 is 0.292 bits per heavy atom. The van der Waals surface area contributed by atoms with E-state index in [1.54, 1.807) is 0 Å². The maximum Gasteiger partial charge on any atom is 0.0434 e. The van der Waals surface area contributed by atoms with Gasteiger partial charge in [0.05, 0.1) is 0 Å². The average molecular weight is 843 g/mol. The number of hydrogen-bond acceptors (Lipinski definition) is 1. The summed E-state index contributed by atoms with van der Waals surface area (Å²) in [5.41, 5.74) is 15.4. The molecule has 1 aliphatic carbocycles. The molecule has 0 saturated heterocycles. The second-order valence-electron chi connectivity index (χ2n) is 17.3. The number of benzene rings is 11. The molecule has 0 saturated carbocycles. The lowest BCUT2D eigenvalue weighted by Gasteiger charge is -2.20. The normalized spacial score (nSPS) is 12.6. The van der Waals surface area contributed by atoms with E-state index >= 15 is 0 Å². The van der Waals surface area contributed by atoms with E-state index in [4.69, 9.17) is 0 Å². The standard InChI is InChI=1S/C64H42S/c1-4-20-41(21-5-1)44-38-45(42-22-6-2-7-23-42)40-46(39-44)60-49-28-12-16-32-53(49)62(54-33-17-13-29-50(54)60)56-35-18-36-57-63-55(34-19-37-58(63)65-64(56)57)61-51-30-14-10-26-47(51)59(43-24-8-3-9-25-43)48-27-11-15-31-52(48)61/h1-18,20-33,35-40H,19,34H2. The minimum absolute atomic E-state index is 0.995. The topological polar surface area (TPSA) is 0 Å². The van der Waals surface area contributed by atoms with Crippen LogP contribution in [0, 0.1) is 0 Å². The molecule has 12 aromatic rings. The zero-order valence-corrected chi connectivity index (χ0v) is 36.6. The van der Waals surface area contributed by atoms with E-state index in [0.29, 0.717) is 0 Å². The van der Waals surface area contributed by atoms with Crippen LogP contribution in [0.4, 0.5) is 0 Å². The zero-order chi connectivity index (χ0) is 42.8. The first-order valence-corrected chi connectivity index (χ1v) is 23.5. The third kappa shape index (κ3) is 6.11. The molecular formula is C64H42S. The summed E-state index contributed by atoms with van der Waals surface area (Å²) in [4.78, 5) is 0. The molecule has 0 N–H and O–H groups in total. The SMILES string of the molecule is C1=c2sc3c(-c4c5ccccc5c(-c5cc(-c6ccccc6)cc(-c6ccccc6)c5)c5ccccc45)cccc3c2=C(c2c3ccccc3c(-c3ccccc3)c3ccccc23)CC1. The van der Waals surface area contributed by atoms with Gasteiger partial charge < -0.3 is 0 Å². The first-order chi connectivity index (χ1) is 32.3. The molecule has 0 bridgehead atoms. The molecule has 65 heavy (non-hydrogen) atoms. The Kier molecular flexibility index (Phi) is 8.96. The Hall–Kier alpha value is -7.84. The predicted molar refractivity (Wildman–Crippen MR) is 281 cm³/mol. The molecule has 0 atom stereocenters. The maximum absolute atomic E-state index is 2.50. The van der Waals surface area contributed by atoms with E-state index < -0.39 is 0 Å². The van der Waals surface area contributed by atoms with E-state index in [1.165, 1.54) is 130 Å². The number of rotatable bonds is 6. The Morgan fingerprint density at radius 2 is 0.677 bits per heavy atom. The summed E-state index contributed by atoms with van der Waals surface area (Å²) in [7, 11) is 0. The Balaban J connectivity index is 1.09. The highest BCUT2D eigenvalue weighted by atomic mass is 32.1. The molecule has 0 amide bonds. The smallest absolute Gasteiger partial charge is 0.0434 e. The van der Waals surface area contributed by atoms with Gasteiger partial charge in [0.25, 0.3) is 0 Å². The number of thiophene rings is 1. The van der Waals surface area contributed by atoms with E-state index in [0.717, 1.165) is 12.8 Å². The van der Waals surface area contributed by atoms with Crippen LogP contribution in [-0.2, 0) is 0 Å². The van der Waals surface area contributed by atoms with Gasteiger partial charge in [-0.05, 0) is 135 Å². The third-order valence-corrected chi connectivity index (χ3v) is 14.9. The Labute approximate surface area is 382 Å². The van der Waals surface area contributed by atoms with Crippen molar-refractivity contribution in [2.45, 2.75) is 12.8 Å². The summed E-state index contributed by atoms with van der Waals surface area (Å²) >= 11 is 1.97. The fourth-order valence-electron chi connectivity index (χ4n) is 11.0. The van der Waals surface area contributed by atoms with Crippen LogP contribution in [0.25, 0.3) is 120 Å². The van der Waals surface area contributed by atoms with Gasteiger partial charge in [-0.2, -0.15) is 0 Å². The van der Waals surface area contributed by atoms with Crippen LogP contribution in [0.5, 0.6) is 0 Å². The molecule has 1 aliphatic rings. The molecule has 1 heterocycles. The van der Waals surface area contributed by atoms with Gasteiger partial charge in [0, 0.05) is 25.4 Å². The molecular weight excluding hydrogens is 801 g/mol. The lowest BCUT2D eigenvalue weighted by Crippen LogP contribution is -2.25. The van der Waals surface area contributed by atoms with Crippen molar-refractivity contribution in [2.24, 2.45) is 0 Å². The highest BCUT2D eigenvalue weighted by molar-refractivity contribution is 7.17. The second kappa shape index (κ2) is 15.5. The highest BCUT2D eigenvalue weighted by Crippen LogP contribution is 2.48. The molecule has 13 rings (SSSR count). The average Bonchev–Trinajstić information content (AvgIpc) is 3.77. The second-order valence-corrected chi connectivity index (χ2v) is 18.4. The summed E-state index contributed by atoms with van der Waals surface area (Å²) in [6, 6.07) is 83.2. The van der Waals surface area contributed by atoms with Crippen LogP contribution in [-0.4, -0.2) is 0 Å². The van der Waals surface area contributed by atoms with Gasteiger partial charge in [-0.3, -0.25) is 0 Å². The van der Waals surface area contributed by atoms with Gasteiger partial charge in [0.1, 0.15) is 0 Å². The van der Waals surface area contributed by atoms with Gasteiger partial charge in [-0.25, -0.2) is 0 Å². The molecule has 0 unspecified atom stereocenters. The summed E-state index contributed by atoms with van der Waals surface area (Å²) in [5, 5.41) is 13.1. The van der Waals surface area contributed by atoms with E-state index in [1.807, 2.05) is 11.3 Å². The van der Waals surface area contributed by atoms with Gasteiger partial charge in [-0.15, -0.1) is 11.3 Å². The number of hydrogen-bond donors (Lipinski definition) is 0. The van der Waals surface area contributed by atoms with Crippen molar-refractivity contribution >= 4 is 76.2 Å². The van der Waals surface area contributed by atoms with Crippen LogP contribution in [0.1, 0.15) is 18.4 Å². The molecule has 11 aromatic carbocycles. The number of fused-ring (bicyclic) bond motifs is 7. The van der Waals surface area contributed by atoms with Gasteiger partial charge in [-0.1, -0.05) is 212 Å². The van der Waals surface area contributed by atoms with E-state index in [9.17, 15) is 0 Å². The van der Waals surface area contributed by atoms with Crippen molar-refractivity contribution < 1.29 is 0 Å². The Morgan fingerprint density at radius 3 is 1.17 bits per heavy atom. The molecule has 0 aliphatic heterocycles. The van der Waals surface area contributed by atoms with Crippen molar-refractivity contribution in [2.75, 3.05) is 0 Å². The largest absolute Gasteiger partial charge is 0.135 e. The fourth-order valence-corrected chi connectivity index (χ4v) is 12.3. The molecule has 0 radical (unpaired) electrons. The van der Waals surface area contributed by atoms with Crippen molar-refractivity contribution in [1.82, 2.24) is 0 Å². The molecule has 1 heteroatoms.